The predicted octanol–water partition coefficient (Wildman–Crippen LogP) is 5.81. The molecule has 10 nitrogen and oxygen atoms in total. The summed E-state index contributed by atoms with van der Waals surface area (Å²) in [6.45, 7) is 2.92. The van der Waals surface area contributed by atoms with Crippen molar-refractivity contribution in [2.45, 2.75) is 29.9 Å². The highest BCUT2D eigenvalue weighted by Gasteiger charge is 2.19. The van der Waals surface area contributed by atoms with E-state index >= 15 is 0 Å². The van der Waals surface area contributed by atoms with Gasteiger partial charge in [0.15, 0.2) is 0 Å². The third-order valence-electron chi connectivity index (χ3n) is 5.34. The maximum absolute atomic E-state index is 13.6. The van der Waals surface area contributed by atoms with Crippen molar-refractivity contribution in [2.24, 2.45) is 0 Å². The summed E-state index contributed by atoms with van der Waals surface area (Å²) < 4.78 is 31.6. The Bertz CT molecular complexity index is 1450. The van der Waals surface area contributed by atoms with Crippen molar-refractivity contribution < 1.29 is 22.3 Å². The highest BCUT2D eigenvalue weighted by Crippen LogP contribution is 2.34. The van der Waals surface area contributed by atoms with Crippen LogP contribution in [0.1, 0.15) is 16.8 Å². The van der Waals surface area contributed by atoms with Gasteiger partial charge in [-0.2, -0.15) is 13.5 Å². The number of pyridine rings is 1. The van der Waals surface area contributed by atoms with Crippen molar-refractivity contribution in [1.29, 1.82) is 0 Å². The zero-order valence-corrected chi connectivity index (χ0v) is 24.0. The van der Waals surface area contributed by atoms with E-state index in [0.29, 0.717) is 13.1 Å². The van der Waals surface area contributed by atoms with E-state index in [1.54, 1.807) is 18.0 Å². The monoisotopic (exact) mass is 587 g/mol. The molecule has 2 aromatic heterocycles. The number of nitrogens with zero attached hydrogens (tertiary/aromatic N) is 3. The van der Waals surface area contributed by atoms with E-state index in [9.17, 15) is 4.79 Å². The quantitative estimate of drug-likeness (QED) is 0.148. The van der Waals surface area contributed by atoms with Crippen LogP contribution < -0.4 is 5.32 Å². The standard InChI is InChI=1S/C26H27N5OS2.H2O4S/c1-18-14-23(33-2)24(25(28-18)34-3)29-26(32)31(16-19-8-5-4-6-9-19)17-20-10-7-11-21(15-20)22-12-13-27-30-22;1-5(2,3)4/h4-15H,16-17H2,1-3H3,(H,27,30)(H,29,32);(H2,1,2,3,4). The lowest BCUT2D eigenvalue weighted by molar-refractivity contribution is 0.206. The Balaban J connectivity index is 0.000000771. The molecule has 0 aliphatic heterocycles. The van der Waals surface area contributed by atoms with Gasteiger partial charge in [-0.15, -0.1) is 23.5 Å². The van der Waals surface area contributed by atoms with Crippen molar-refractivity contribution >= 4 is 45.6 Å². The maximum atomic E-state index is 13.6. The molecule has 4 N–H and O–H groups in total. The average Bonchev–Trinajstić information content (AvgIpc) is 3.44. The van der Waals surface area contributed by atoms with Crippen LogP contribution in [0.15, 0.2) is 82.8 Å². The minimum absolute atomic E-state index is 0.160. The smallest absolute Gasteiger partial charge is 0.316 e. The summed E-state index contributed by atoms with van der Waals surface area (Å²) in [5, 5.41) is 11.0. The summed E-state index contributed by atoms with van der Waals surface area (Å²) in [4.78, 5) is 21.1. The molecule has 13 heteroatoms. The van der Waals surface area contributed by atoms with E-state index in [0.717, 1.165) is 43.7 Å². The number of hydrogen-bond donors (Lipinski definition) is 4. The van der Waals surface area contributed by atoms with Crippen LogP contribution in [0.25, 0.3) is 11.3 Å². The zero-order valence-electron chi connectivity index (χ0n) is 21.5. The maximum Gasteiger partial charge on any atom is 0.394 e. The van der Waals surface area contributed by atoms with Crippen molar-refractivity contribution in [2.75, 3.05) is 17.8 Å². The lowest BCUT2D eigenvalue weighted by atomic mass is 10.1. The number of aryl methyl sites for hydroxylation is 1. The highest BCUT2D eigenvalue weighted by atomic mass is 32.3. The number of nitrogens with one attached hydrogen (secondary N) is 2. The first kappa shape index (κ1) is 30.2. The van der Waals surface area contributed by atoms with Crippen molar-refractivity contribution in [3.8, 4) is 11.3 Å². The van der Waals surface area contributed by atoms with E-state index in [1.807, 2.05) is 85.0 Å². The molecule has 2 aromatic carbocycles. The number of aromatic amines is 1. The summed E-state index contributed by atoms with van der Waals surface area (Å²) in [6, 6.07) is 22.0. The molecule has 0 atom stereocenters. The molecule has 4 rings (SSSR count). The molecule has 2 heterocycles. The number of carbonyl (C=O) groups excluding carboxylic acids is 1. The number of hydrogen-bond acceptors (Lipinski definition) is 7. The van der Waals surface area contributed by atoms with Gasteiger partial charge in [-0.1, -0.05) is 48.5 Å². The highest BCUT2D eigenvalue weighted by molar-refractivity contribution is 7.99. The summed E-state index contributed by atoms with van der Waals surface area (Å²) in [5.74, 6) is 0. The fourth-order valence-electron chi connectivity index (χ4n) is 3.70. The molecule has 206 valence electrons. The Morgan fingerprint density at radius 1 is 0.974 bits per heavy atom. The van der Waals surface area contributed by atoms with Crippen LogP contribution in [-0.4, -0.2) is 56.1 Å². The first-order chi connectivity index (χ1) is 18.6. The number of rotatable bonds is 8. The van der Waals surface area contributed by atoms with Gasteiger partial charge in [0.2, 0.25) is 0 Å². The summed E-state index contributed by atoms with van der Waals surface area (Å²) in [5.41, 5.74) is 5.78. The Hall–Kier alpha value is -3.36. The van der Waals surface area contributed by atoms with Crippen LogP contribution in [-0.2, 0) is 23.5 Å². The molecule has 39 heavy (non-hydrogen) atoms. The fourth-order valence-corrected chi connectivity index (χ4v) is 5.01. The number of aromatic nitrogens is 3. The van der Waals surface area contributed by atoms with E-state index in [-0.39, 0.29) is 6.03 Å². The van der Waals surface area contributed by atoms with Crippen LogP contribution in [0, 0.1) is 6.92 Å². The van der Waals surface area contributed by atoms with Gasteiger partial charge in [0, 0.05) is 29.9 Å². The molecule has 0 aliphatic carbocycles. The molecule has 0 unspecified atom stereocenters. The summed E-state index contributed by atoms with van der Waals surface area (Å²) in [6.07, 6.45) is 5.72. The van der Waals surface area contributed by atoms with E-state index in [4.69, 9.17) is 17.5 Å². The molecule has 0 fully saturated rings. The third kappa shape index (κ3) is 9.71. The second-order valence-corrected chi connectivity index (χ2v) is 10.8. The van der Waals surface area contributed by atoms with Crippen molar-refractivity contribution in [1.82, 2.24) is 20.1 Å². The number of urea groups is 1. The molecular weight excluding hydrogens is 559 g/mol. The van der Waals surface area contributed by atoms with Crippen LogP contribution in [0.3, 0.4) is 0 Å². The van der Waals surface area contributed by atoms with E-state index < -0.39 is 10.4 Å². The van der Waals surface area contributed by atoms with Crippen LogP contribution in [0.5, 0.6) is 0 Å². The molecule has 0 saturated carbocycles. The molecular formula is C26H29N5O5S3. The minimum Gasteiger partial charge on any atom is -0.316 e. The molecule has 4 aromatic rings. The van der Waals surface area contributed by atoms with Crippen molar-refractivity contribution in [3.63, 3.8) is 0 Å². The Morgan fingerprint density at radius 2 is 1.64 bits per heavy atom. The van der Waals surface area contributed by atoms with Gasteiger partial charge < -0.3 is 10.2 Å². The van der Waals surface area contributed by atoms with Crippen molar-refractivity contribution in [3.05, 3.63) is 89.7 Å². The van der Waals surface area contributed by atoms with E-state index in [2.05, 4.69) is 26.6 Å². The molecule has 0 bridgehead atoms. The summed E-state index contributed by atoms with van der Waals surface area (Å²) >= 11 is 3.14. The topological polar surface area (TPSA) is 149 Å². The SMILES string of the molecule is CSc1cc(C)nc(SC)c1NC(=O)N(Cc1ccccc1)Cc1cccc(-c2ccn[nH]2)c1.O=S(=O)(O)O. The first-order valence-electron chi connectivity index (χ1n) is 11.6. The zero-order chi connectivity index (χ0) is 28.4. The van der Waals surface area contributed by atoms with Gasteiger partial charge in [-0.3, -0.25) is 14.2 Å². The van der Waals surface area contributed by atoms with E-state index in [1.165, 1.54) is 11.8 Å². The third-order valence-corrected chi connectivity index (χ3v) is 6.78. The lowest BCUT2D eigenvalue weighted by Gasteiger charge is -2.25. The predicted molar refractivity (Wildman–Crippen MR) is 155 cm³/mol. The molecule has 0 aliphatic rings. The van der Waals surface area contributed by atoms with Gasteiger partial charge in [0.1, 0.15) is 5.03 Å². The molecule has 0 saturated heterocycles. The van der Waals surface area contributed by atoms with Gasteiger partial charge in [0.05, 0.1) is 11.4 Å². The average molecular weight is 588 g/mol. The number of amides is 2. The Morgan fingerprint density at radius 3 is 2.26 bits per heavy atom. The van der Waals surface area contributed by atoms with Crippen LogP contribution in [0.4, 0.5) is 10.5 Å². The van der Waals surface area contributed by atoms with Crippen LogP contribution >= 0.6 is 23.5 Å². The number of carbonyl (C=O) groups is 1. The molecule has 0 spiro atoms. The van der Waals surface area contributed by atoms with Gasteiger partial charge >= 0.3 is 16.4 Å². The second kappa shape index (κ2) is 14.1. The van der Waals surface area contributed by atoms with Crippen LogP contribution in [0.2, 0.25) is 0 Å². The fraction of sp³-hybridized carbons (Fsp3) is 0.192. The van der Waals surface area contributed by atoms with Gasteiger partial charge in [-0.05, 0) is 54.3 Å². The Labute approximate surface area is 236 Å². The molecule has 0 radical (unpaired) electrons. The second-order valence-electron chi connectivity index (χ2n) is 8.24. The minimum atomic E-state index is -4.67. The number of anilines is 1. The lowest BCUT2D eigenvalue weighted by Crippen LogP contribution is -2.34. The number of thioether (sulfide) groups is 2. The Kier molecular flexibility index (Phi) is 10.9. The number of H-pyrrole nitrogens is 1. The van der Waals surface area contributed by atoms with Gasteiger partial charge in [-0.25, -0.2) is 9.78 Å². The largest absolute Gasteiger partial charge is 0.394 e. The normalized spacial score (nSPS) is 10.9. The number of benzene rings is 2. The summed E-state index contributed by atoms with van der Waals surface area (Å²) in [7, 11) is -4.67. The molecule has 2 amide bonds. The van der Waals surface area contributed by atoms with Gasteiger partial charge in [0.25, 0.3) is 0 Å². The first-order valence-corrected chi connectivity index (χ1v) is 15.4.